The van der Waals surface area contributed by atoms with Crippen LogP contribution in [0.5, 0.6) is 0 Å². The van der Waals surface area contributed by atoms with E-state index >= 15 is 0 Å². The molecule has 0 saturated heterocycles. The summed E-state index contributed by atoms with van der Waals surface area (Å²) in [6.07, 6.45) is -3.14. The maximum atomic E-state index is 12.6. The van der Waals surface area contributed by atoms with Crippen LogP contribution < -0.4 is 5.56 Å². The smallest absolute Gasteiger partial charge is 0.301 e. The Bertz CT molecular complexity index is 952. The molecule has 0 bridgehead atoms. The van der Waals surface area contributed by atoms with Gasteiger partial charge >= 0.3 is 6.18 Å². The van der Waals surface area contributed by atoms with Gasteiger partial charge in [0.1, 0.15) is 0 Å². The third kappa shape index (κ3) is 5.18. The molecule has 0 radical (unpaired) electrons. The first-order valence-electron chi connectivity index (χ1n) is 7.89. The van der Waals surface area contributed by atoms with Crippen molar-refractivity contribution in [2.75, 3.05) is 21.1 Å². The number of rotatable bonds is 6. The fraction of sp³-hybridized carbons (Fsp3) is 0.353. The number of pyridine rings is 1. The summed E-state index contributed by atoms with van der Waals surface area (Å²) >= 11 is 0. The fourth-order valence-corrected chi connectivity index (χ4v) is 3.33. The lowest BCUT2D eigenvalue weighted by Crippen LogP contribution is -2.30. The normalized spacial score (nSPS) is 12.7. The zero-order chi connectivity index (χ0) is 20.4. The average molecular weight is 403 g/mol. The van der Waals surface area contributed by atoms with E-state index in [0.717, 1.165) is 16.4 Å². The minimum absolute atomic E-state index is 0.0185. The Balaban J connectivity index is 2.16. The predicted molar refractivity (Wildman–Crippen MR) is 94.5 cm³/mol. The van der Waals surface area contributed by atoms with Crippen LogP contribution in [0.4, 0.5) is 13.2 Å². The molecule has 0 amide bonds. The van der Waals surface area contributed by atoms with Crippen molar-refractivity contribution < 1.29 is 21.6 Å². The molecule has 1 aromatic heterocycles. The average Bonchev–Trinajstić information content (AvgIpc) is 2.56. The summed E-state index contributed by atoms with van der Waals surface area (Å²) in [5.74, 6) is 0. The van der Waals surface area contributed by atoms with Crippen LogP contribution in [0, 0.1) is 0 Å². The molecule has 0 saturated carbocycles. The van der Waals surface area contributed by atoms with Crippen LogP contribution in [0.1, 0.15) is 11.1 Å². The monoisotopic (exact) mass is 403 g/mol. The van der Waals surface area contributed by atoms with Crippen molar-refractivity contribution in [3.05, 3.63) is 64.1 Å². The van der Waals surface area contributed by atoms with Crippen molar-refractivity contribution in [3.63, 3.8) is 0 Å². The van der Waals surface area contributed by atoms with E-state index in [-0.39, 0.29) is 23.7 Å². The van der Waals surface area contributed by atoms with Crippen molar-refractivity contribution in [3.8, 4) is 0 Å². The number of benzene rings is 1. The van der Waals surface area contributed by atoms with E-state index in [1.807, 2.05) is 0 Å². The Morgan fingerprint density at radius 3 is 2.11 bits per heavy atom. The molecule has 1 heterocycles. The third-order valence-corrected chi connectivity index (χ3v) is 5.66. The van der Waals surface area contributed by atoms with Crippen LogP contribution in [0.3, 0.4) is 0 Å². The van der Waals surface area contributed by atoms with E-state index < -0.39 is 21.8 Å². The Labute approximate surface area is 155 Å². The molecule has 0 N–H and O–H groups in total. The van der Waals surface area contributed by atoms with Gasteiger partial charge in [-0.3, -0.25) is 9.69 Å². The minimum Gasteiger partial charge on any atom is -0.301 e. The van der Waals surface area contributed by atoms with Gasteiger partial charge < -0.3 is 4.57 Å². The molecule has 0 unspecified atom stereocenters. The van der Waals surface area contributed by atoms with Crippen LogP contribution in [0.15, 0.2) is 52.3 Å². The third-order valence-electron chi connectivity index (χ3n) is 3.86. The quantitative estimate of drug-likeness (QED) is 0.742. The predicted octanol–water partition coefficient (Wildman–Crippen LogP) is 2.21. The molecule has 10 heteroatoms. The first-order valence-corrected chi connectivity index (χ1v) is 9.33. The molecule has 6 nitrogen and oxygen atoms in total. The largest absolute Gasteiger partial charge is 0.416 e. The van der Waals surface area contributed by atoms with Crippen molar-refractivity contribution in [2.45, 2.75) is 24.3 Å². The molecule has 0 spiro atoms. The number of alkyl halides is 3. The van der Waals surface area contributed by atoms with Gasteiger partial charge in [0, 0.05) is 32.9 Å². The number of hydrogen-bond donors (Lipinski definition) is 0. The van der Waals surface area contributed by atoms with E-state index in [9.17, 15) is 26.4 Å². The highest BCUT2D eigenvalue weighted by Crippen LogP contribution is 2.29. The molecule has 0 aliphatic heterocycles. The van der Waals surface area contributed by atoms with E-state index in [0.29, 0.717) is 5.56 Å². The number of sulfonamides is 1. The molecule has 2 aromatic rings. The SMILES string of the molecule is CN(Cc1ccc(C(F)(F)F)cc1)Cn1cc(S(=O)(=O)N(C)C)ccc1=O. The van der Waals surface area contributed by atoms with Crippen LogP contribution in [-0.2, 0) is 29.4 Å². The highest BCUT2D eigenvalue weighted by molar-refractivity contribution is 7.89. The Morgan fingerprint density at radius 2 is 1.59 bits per heavy atom. The summed E-state index contributed by atoms with van der Waals surface area (Å²) in [7, 11) is 0.778. The Morgan fingerprint density at radius 1 is 1.00 bits per heavy atom. The lowest BCUT2D eigenvalue weighted by Gasteiger charge is -2.19. The van der Waals surface area contributed by atoms with Gasteiger partial charge in [0.15, 0.2) is 0 Å². The fourth-order valence-electron chi connectivity index (χ4n) is 2.40. The lowest BCUT2D eigenvalue weighted by atomic mass is 10.1. The molecule has 2 rings (SSSR count). The van der Waals surface area contributed by atoms with Gasteiger partial charge in [0.25, 0.3) is 5.56 Å². The first-order chi connectivity index (χ1) is 12.4. The highest BCUT2D eigenvalue weighted by Gasteiger charge is 2.29. The molecular weight excluding hydrogens is 383 g/mol. The number of halogens is 3. The zero-order valence-electron chi connectivity index (χ0n) is 15.1. The molecule has 148 valence electrons. The number of aromatic nitrogens is 1. The summed E-state index contributed by atoms with van der Waals surface area (Å²) < 4.78 is 64.5. The highest BCUT2D eigenvalue weighted by atomic mass is 32.2. The first kappa shape index (κ1) is 21.1. The van der Waals surface area contributed by atoms with Gasteiger partial charge in [-0.05, 0) is 30.8 Å². The van der Waals surface area contributed by atoms with Gasteiger partial charge in [0.05, 0.1) is 17.1 Å². The molecular formula is C17H20F3N3O3S. The second kappa shape index (κ2) is 7.83. The summed E-state index contributed by atoms with van der Waals surface area (Å²) in [5, 5.41) is 0. The van der Waals surface area contributed by atoms with Crippen molar-refractivity contribution >= 4 is 10.0 Å². The summed E-state index contributed by atoms with van der Waals surface area (Å²) in [6, 6.07) is 7.15. The van der Waals surface area contributed by atoms with Gasteiger partial charge in [-0.15, -0.1) is 0 Å². The summed E-state index contributed by atoms with van der Waals surface area (Å²) in [4.78, 5) is 13.7. The molecule has 0 atom stereocenters. The second-order valence-corrected chi connectivity index (χ2v) is 8.46. The van der Waals surface area contributed by atoms with Crippen LogP contribution in [-0.4, -0.2) is 43.3 Å². The van der Waals surface area contributed by atoms with E-state index in [1.54, 1.807) is 11.9 Å². The Kier molecular flexibility index (Phi) is 6.13. The van der Waals surface area contributed by atoms with E-state index in [1.165, 1.54) is 49.1 Å². The van der Waals surface area contributed by atoms with E-state index in [2.05, 4.69) is 0 Å². The van der Waals surface area contributed by atoms with Crippen molar-refractivity contribution in [2.24, 2.45) is 0 Å². The maximum Gasteiger partial charge on any atom is 0.416 e. The molecule has 0 aliphatic carbocycles. The van der Waals surface area contributed by atoms with Gasteiger partial charge in [-0.25, -0.2) is 12.7 Å². The lowest BCUT2D eigenvalue weighted by molar-refractivity contribution is -0.137. The molecule has 1 aromatic carbocycles. The van der Waals surface area contributed by atoms with Crippen molar-refractivity contribution in [1.82, 2.24) is 13.8 Å². The summed E-state index contributed by atoms with van der Waals surface area (Å²) in [6.45, 7) is 0.367. The van der Waals surface area contributed by atoms with E-state index in [4.69, 9.17) is 0 Å². The van der Waals surface area contributed by atoms with Crippen molar-refractivity contribution in [1.29, 1.82) is 0 Å². The second-order valence-electron chi connectivity index (χ2n) is 6.31. The number of nitrogens with zero attached hydrogens (tertiary/aromatic N) is 3. The van der Waals surface area contributed by atoms with Gasteiger partial charge in [-0.2, -0.15) is 13.2 Å². The topological polar surface area (TPSA) is 62.6 Å². The molecule has 0 aliphatic rings. The van der Waals surface area contributed by atoms with Crippen LogP contribution in [0.2, 0.25) is 0 Å². The number of hydrogen-bond acceptors (Lipinski definition) is 4. The molecule has 0 fully saturated rings. The molecule has 27 heavy (non-hydrogen) atoms. The summed E-state index contributed by atoms with van der Waals surface area (Å²) in [5.41, 5.74) is -0.477. The standard InChI is InChI=1S/C17H20F3N3O3S/c1-21(2)27(25,26)15-8-9-16(24)23(11-15)12-22(3)10-13-4-6-14(7-5-13)17(18,19)20/h4-9,11H,10,12H2,1-3H3. The van der Waals surface area contributed by atoms with Crippen LogP contribution >= 0.6 is 0 Å². The minimum atomic E-state index is -4.39. The van der Waals surface area contributed by atoms with Gasteiger partial charge in [0.2, 0.25) is 10.0 Å². The van der Waals surface area contributed by atoms with Gasteiger partial charge in [-0.1, -0.05) is 12.1 Å². The zero-order valence-corrected chi connectivity index (χ0v) is 15.9. The maximum absolute atomic E-state index is 12.6. The van der Waals surface area contributed by atoms with Crippen LogP contribution in [0.25, 0.3) is 0 Å². The Hall–Kier alpha value is -2.17.